The number of carbonyl (C=O) groups is 1. The number of hydrogen-bond donors (Lipinski definition) is 1. The van der Waals surface area contributed by atoms with Gasteiger partial charge >= 0.3 is 0 Å². The Morgan fingerprint density at radius 1 is 1.41 bits per heavy atom. The van der Waals surface area contributed by atoms with Crippen LogP contribution in [0.2, 0.25) is 5.02 Å². The fourth-order valence-corrected chi connectivity index (χ4v) is 1.98. The summed E-state index contributed by atoms with van der Waals surface area (Å²) in [4.78, 5) is 13.0. The van der Waals surface area contributed by atoms with Gasteiger partial charge in [-0.2, -0.15) is 4.80 Å². The van der Waals surface area contributed by atoms with Crippen molar-refractivity contribution in [3.63, 3.8) is 0 Å². The molecule has 3 rings (SSSR count). The van der Waals surface area contributed by atoms with Gasteiger partial charge in [-0.1, -0.05) is 28.9 Å². The predicted octanol–water partition coefficient (Wildman–Crippen LogP) is 1.93. The number of nitrogens with zero attached hydrogens (tertiary/aromatic N) is 5. The van der Waals surface area contributed by atoms with Crippen LogP contribution in [-0.2, 0) is 11.3 Å². The van der Waals surface area contributed by atoms with Crippen LogP contribution < -0.4 is 5.32 Å². The number of amides is 1. The van der Waals surface area contributed by atoms with Crippen molar-refractivity contribution in [1.82, 2.24) is 25.4 Å². The Morgan fingerprint density at radius 3 is 3.00 bits per heavy atom. The largest absolute Gasteiger partial charge is 0.360 e. The molecule has 1 aromatic carbocycles. The summed E-state index contributed by atoms with van der Waals surface area (Å²) < 4.78 is 4.86. The van der Waals surface area contributed by atoms with Gasteiger partial charge in [0.15, 0.2) is 5.82 Å². The average molecular weight is 319 g/mol. The fraction of sp³-hybridized carbons (Fsp3) is 0.154. The van der Waals surface area contributed by atoms with Crippen molar-refractivity contribution in [2.45, 2.75) is 13.5 Å². The van der Waals surface area contributed by atoms with Crippen molar-refractivity contribution in [3.8, 4) is 11.4 Å². The number of anilines is 1. The lowest BCUT2D eigenvalue weighted by Crippen LogP contribution is -2.20. The highest BCUT2D eigenvalue weighted by molar-refractivity contribution is 6.30. The van der Waals surface area contributed by atoms with Crippen LogP contribution in [0.3, 0.4) is 0 Å². The molecule has 9 heteroatoms. The summed E-state index contributed by atoms with van der Waals surface area (Å²) in [7, 11) is 0. The number of rotatable bonds is 4. The lowest BCUT2D eigenvalue weighted by molar-refractivity contribution is -0.117. The molecule has 0 aliphatic rings. The van der Waals surface area contributed by atoms with Gasteiger partial charge < -0.3 is 9.84 Å². The minimum absolute atomic E-state index is 0.0839. The van der Waals surface area contributed by atoms with E-state index in [9.17, 15) is 4.79 Å². The first-order chi connectivity index (χ1) is 10.6. The molecule has 3 aromatic rings. The van der Waals surface area contributed by atoms with Gasteiger partial charge in [-0.3, -0.25) is 4.79 Å². The predicted molar refractivity (Wildman–Crippen MR) is 78.1 cm³/mol. The maximum absolute atomic E-state index is 11.8. The van der Waals surface area contributed by atoms with E-state index in [1.807, 2.05) is 6.07 Å². The van der Waals surface area contributed by atoms with Gasteiger partial charge in [-0.25, -0.2) is 0 Å². The van der Waals surface area contributed by atoms with Crippen molar-refractivity contribution >= 4 is 23.3 Å². The van der Waals surface area contributed by atoms with Crippen LogP contribution in [0, 0.1) is 6.92 Å². The molecule has 0 atom stereocenters. The van der Waals surface area contributed by atoms with E-state index >= 15 is 0 Å². The molecule has 0 bridgehead atoms. The Balaban J connectivity index is 1.67. The fourth-order valence-electron chi connectivity index (χ4n) is 1.79. The molecule has 0 aliphatic heterocycles. The maximum atomic E-state index is 11.8. The first-order valence-electron chi connectivity index (χ1n) is 6.37. The monoisotopic (exact) mass is 318 g/mol. The third-order valence-corrected chi connectivity index (χ3v) is 2.95. The first-order valence-corrected chi connectivity index (χ1v) is 6.75. The van der Waals surface area contributed by atoms with E-state index in [0.717, 1.165) is 5.56 Å². The summed E-state index contributed by atoms with van der Waals surface area (Å²) in [5.41, 5.74) is 0.728. The second kappa shape index (κ2) is 5.94. The minimum Gasteiger partial charge on any atom is -0.360 e. The Kier molecular flexibility index (Phi) is 3.84. The zero-order valence-corrected chi connectivity index (χ0v) is 12.3. The third kappa shape index (κ3) is 3.29. The summed E-state index contributed by atoms with van der Waals surface area (Å²) in [5.74, 6) is 1.02. The van der Waals surface area contributed by atoms with E-state index in [2.05, 4.69) is 25.9 Å². The number of hydrogen-bond acceptors (Lipinski definition) is 6. The number of benzene rings is 1. The SMILES string of the molecule is Cc1cc(NC(=O)Cn2nnc(-c3cccc(Cl)c3)n2)no1. The number of aryl methyl sites for hydroxylation is 1. The van der Waals surface area contributed by atoms with Gasteiger partial charge in [-0.05, 0) is 24.3 Å². The van der Waals surface area contributed by atoms with Crippen molar-refractivity contribution in [3.05, 3.63) is 41.1 Å². The standard InChI is InChI=1S/C13H11ClN6O2/c1-8-5-11(18-22-8)15-12(21)7-20-17-13(16-19-20)9-3-2-4-10(14)6-9/h2-6H,7H2,1H3,(H,15,18,21). The van der Waals surface area contributed by atoms with Crippen LogP contribution in [-0.4, -0.2) is 31.3 Å². The molecule has 0 fully saturated rings. The summed E-state index contributed by atoms with van der Waals surface area (Å²) in [6.07, 6.45) is 0. The highest BCUT2D eigenvalue weighted by Gasteiger charge is 2.11. The topological polar surface area (TPSA) is 98.7 Å². The highest BCUT2D eigenvalue weighted by Crippen LogP contribution is 2.18. The molecule has 0 aliphatic carbocycles. The molecule has 2 aromatic heterocycles. The molecule has 1 amide bonds. The van der Waals surface area contributed by atoms with E-state index in [0.29, 0.717) is 22.4 Å². The number of carbonyl (C=O) groups excluding carboxylic acids is 1. The Morgan fingerprint density at radius 2 is 2.27 bits per heavy atom. The molecular weight excluding hydrogens is 308 g/mol. The highest BCUT2D eigenvalue weighted by atomic mass is 35.5. The number of nitrogens with one attached hydrogen (secondary N) is 1. The zero-order valence-electron chi connectivity index (χ0n) is 11.5. The van der Waals surface area contributed by atoms with Gasteiger partial charge in [0.1, 0.15) is 12.3 Å². The number of halogens is 1. The Bertz CT molecular complexity index is 812. The summed E-state index contributed by atoms with van der Waals surface area (Å²) in [6, 6.07) is 8.69. The molecule has 2 heterocycles. The maximum Gasteiger partial charge on any atom is 0.249 e. The van der Waals surface area contributed by atoms with Gasteiger partial charge in [0.05, 0.1) is 0 Å². The molecule has 8 nitrogen and oxygen atoms in total. The number of tetrazole rings is 1. The second-order valence-corrected chi connectivity index (χ2v) is 4.96. The average Bonchev–Trinajstić information content (AvgIpc) is 3.08. The Hall–Kier alpha value is -2.74. The molecule has 0 saturated heterocycles. The first kappa shape index (κ1) is 14.2. The van der Waals surface area contributed by atoms with Crippen LogP contribution in [0.5, 0.6) is 0 Å². The van der Waals surface area contributed by atoms with Gasteiger partial charge in [0.25, 0.3) is 0 Å². The van der Waals surface area contributed by atoms with Crippen LogP contribution in [0.15, 0.2) is 34.9 Å². The Labute approximate surface area is 130 Å². The lowest BCUT2D eigenvalue weighted by atomic mass is 10.2. The quantitative estimate of drug-likeness (QED) is 0.789. The minimum atomic E-state index is -0.330. The molecule has 22 heavy (non-hydrogen) atoms. The lowest BCUT2D eigenvalue weighted by Gasteiger charge is -1.99. The molecular formula is C13H11ClN6O2. The molecule has 0 radical (unpaired) electrons. The van der Waals surface area contributed by atoms with Crippen LogP contribution in [0.1, 0.15) is 5.76 Å². The van der Waals surface area contributed by atoms with Crippen LogP contribution in [0.25, 0.3) is 11.4 Å². The van der Waals surface area contributed by atoms with Crippen molar-refractivity contribution < 1.29 is 9.32 Å². The van der Waals surface area contributed by atoms with Crippen LogP contribution >= 0.6 is 11.6 Å². The summed E-state index contributed by atoms with van der Waals surface area (Å²) in [5, 5.41) is 18.7. The van der Waals surface area contributed by atoms with E-state index in [1.165, 1.54) is 4.80 Å². The van der Waals surface area contributed by atoms with Gasteiger partial charge in [0, 0.05) is 16.7 Å². The number of aromatic nitrogens is 5. The summed E-state index contributed by atoms with van der Waals surface area (Å²) >= 11 is 5.92. The molecule has 0 saturated carbocycles. The second-order valence-electron chi connectivity index (χ2n) is 4.52. The van der Waals surface area contributed by atoms with Gasteiger partial charge in [0.2, 0.25) is 11.7 Å². The van der Waals surface area contributed by atoms with E-state index in [4.69, 9.17) is 16.1 Å². The van der Waals surface area contributed by atoms with E-state index in [-0.39, 0.29) is 12.5 Å². The van der Waals surface area contributed by atoms with E-state index < -0.39 is 0 Å². The van der Waals surface area contributed by atoms with Crippen molar-refractivity contribution in [2.24, 2.45) is 0 Å². The molecule has 1 N–H and O–H groups in total. The normalized spacial score (nSPS) is 10.6. The molecule has 0 spiro atoms. The zero-order chi connectivity index (χ0) is 15.5. The molecule has 112 valence electrons. The van der Waals surface area contributed by atoms with Gasteiger partial charge in [-0.15, -0.1) is 10.2 Å². The van der Waals surface area contributed by atoms with Crippen molar-refractivity contribution in [1.29, 1.82) is 0 Å². The molecule has 0 unspecified atom stereocenters. The smallest absolute Gasteiger partial charge is 0.249 e. The van der Waals surface area contributed by atoms with Crippen LogP contribution in [0.4, 0.5) is 5.82 Å². The van der Waals surface area contributed by atoms with Crippen molar-refractivity contribution in [2.75, 3.05) is 5.32 Å². The third-order valence-electron chi connectivity index (χ3n) is 2.72. The van der Waals surface area contributed by atoms with E-state index in [1.54, 1.807) is 31.2 Å². The summed E-state index contributed by atoms with van der Waals surface area (Å²) in [6.45, 7) is 1.65.